The molecule has 0 aliphatic carbocycles. The maximum Gasteiger partial charge on any atom is 0.347 e. The highest BCUT2D eigenvalue weighted by molar-refractivity contribution is 5.91. The standard InChI is InChI=1S/C5H2N2O2.C3H6O3/c6-2-1-4(3-7)5(8)9;1-2(4)3(5)6/h1H,(H,8,9);2,4H,1H3,(H,5,6). The number of rotatable bonds is 2. The van der Waals surface area contributed by atoms with E-state index in [2.05, 4.69) is 0 Å². The summed E-state index contributed by atoms with van der Waals surface area (Å²) in [7, 11) is 0. The Balaban J connectivity index is 0. The molecule has 0 heterocycles. The third kappa shape index (κ3) is 9.53. The zero-order valence-electron chi connectivity index (χ0n) is 7.71. The summed E-state index contributed by atoms with van der Waals surface area (Å²) >= 11 is 0. The second-order valence-electron chi connectivity index (χ2n) is 2.12. The van der Waals surface area contributed by atoms with Crippen LogP contribution in [0.15, 0.2) is 11.6 Å². The lowest BCUT2D eigenvalue weighted by molar-refractivity contribution is -0.145. The Morgan fingerprint density at radius 1 is 1.33 bits per heavy atom. The van der Waals surface area contributed by atoms with E-state index in [0.29, 0.717) is 6.08 Å². The molecule has 1 atom stereocenters. The molecule has 0 fully saturated rings. The van der Waals surface area contributed by atoms with Crippen molar-refractivity contribution in [1.29, 1.82) is 10.5 Å². The first-order valence-corrected chi connectivity index (χ1v) is 3.50. The van der Waals surface area contributed by atoms with E-state index < -0.39 is 23.6 Å². The normalized spacial score (nSPS) is 11.1. The lowest BCUT2D eigenvalue weighted by Gasteiger charge is -1.89. The van der Waals surface area contributed by atoms with Crippen LogP contribution in [0, 0.1) is 22.7 Å². The van der Waals surface area contributed by atoms with E-state index in [1.807, 2.05) is 0 Å². The zero-order chi connectivity index (χ0) is 12.4. The third-order valence-electron chi connectivity index (χ3n) is 0.917. The highest BCUT2D eigenvalue weighted by Crippen LogP contribution is 1.88. The Morgan fingerprint density at radius 2 is 1.73 bits per heavy atom. The van der Waals surface area contributed by atoms with E-state index in [4.69, 9.17) is 25.8 Å². The summed E-state index contributed by atoms with van der Waals surface area (Å²) in [4.78, 5) is 19.3. The SMILES string of the molecule is CC(O)C(=O)O.N#CC=C(C#N)C(=O)O. The monoisotopic (exact) mass is 212 g/mol. The van der Waals surface area contributed by atoms with Gasteiger partial charge < -0.3 is 15.3 Å². The fourth-order valence-electron chi connectivity index (χ4n) is 0.206. The number of aliphatic hydroxyl groups excluding tert-OH is 1. The van der Waals surface area contributed by atoms with Crippen LogP contribution in [0.2, 0.25) is 0 Å². The maximum absolute atomic E-state index is 9.88. The summed E-state index contributed by atoms with van der Waals surface area (Å²) in [6.07, 6.45) is -0.549. The minimum absolute atomic E-state index is 0.544. The number of carbonyl (C=O) groups is 2. The summed E-state index contributed by atoms with van der Waals surface area (Å²) in [6.45, 7) is 1.20. The number of allylic oxidation sites excluding steroid dienone is 1. The van der Waals surface area contributed by atoms with Gasteiger partial charge in [0, 0.05) is 6.08 Å². The highest BCUT2D eigenvalue weighted by Gasteiger charge is 2.02. The Kier molecular flexibility index (Phi) is 8.29. The smallest absolute Gasteiger partial charge is 0.347 e. The highest BCUT2D eigenvalue weighted by atomic mass is 16.4. The molecule has 0 bridgehead atoms. The Morgan fingerprint density at radius 3 is 1.80 bits per heavy atom. The molecule has 0 aliphatic heterocycles. The van der Waals surface area contributed by atoms with Gasteiger partial charge in [0.1, 0.15) is 17.7 Å². The molecule has 0 amide bonds. The Bertz CT molecular complexity index is 345. The molecular formula is C8H8N2O5. The third-order valence-corrected chi connectivity index (χ3v) is 0.917. The van der Waals surface area contributed by atoms with E-state index in [1.54, 1.807) is 0 Å². The van der Waals surface area contributed by atoms with Crippen LogP contribution in [0.4, 0.5) is 0 Å². The summed E-state index contributed by atoms with van der Waals surface area (Å²) < 4.78 is 0. The predicted molar refractivity (Wildman–Crippen MR) is 46.3 cm³/mol. The van der Waals surface area contributed by atoms with Crippen LogP contribution >= 0.6 is 0 Å². The molecule has 80 valence electrons. The largest absolute Gasteiger partial charge is 0.479 e. The number of aliphatic hydroxyl groups is 1. The van der Waals surface area contributed by atoms with Gasteiger partial charge in [0.2, 0.25) is 0 Å². The maximum atomic E-state index is 9.88. The van der Waals surface area contributed by atoms with Gasteiger partial charge in [0.15, 0.2) is 0 Å². The first-order valence-electron chi connectivity index (χ1n) is 3.50. The fourth-order valence-corrected chi connectivity index (χ4v) is 0.206. The lowest BCUT2D eigenvalue weighted by atomic mass is 10.3. The molecule has 15 heavy (non-hydrogen) atoms. The number of carboxylic acid groups (broad SMARTS) is 2. The Hall–Kier alpha value is -2.38. The van der Waals surface area contributed by atoms with Crippen molar-refractivity contribution in [2.45, 2.75) is 13.0 Å². The first-order chi connectivity index (χ1) is 6.86. The van der Waals surface area contributed by atoms with Gasteiger partial charge in [-0.3, -0.25) is 0 Å². The van der Waals surface area contributed by atoms with Crippen LogP contribution in [-0.2, 0) is 9.59 Å². The van der Waals surface area contributed by atoms with Crippen LogP contribution in [0.5, 0.6) is 0 Å². The van der Waals surface area contributed by atoms with Crippen molar-refractivity contribution in [2.24, 2.45) is 0 Å². The summed E-state index contributed by atoms with van der Waals surface area (Å²) in [5.74, 6) is -2.56. The molecule has 0 aromatic rings. The van der Waals surface area contributed by atoms with Crippen LogP contribution in [0.25, 0.3) is 0 Å². The molecule has 0 aromatic heterocycles. The quantitative estimate of drug-likeness (QED) is 0.413. The van der Waals surface area contributed by atoms with Crippen molar-refractivity contribution >= 4 is 11.9 Å². The minimum Gasteiger partial charge on any atom is -0.479 e. The second-order valence-corrected chi connectivity index (χ2v) is 2.12. The van der Waals surface area contributed by atoms with Gasteiger partial charge in [-0.15, -0.1) is 0 Å². The molecule has 7 heteroatoms. The van der Waals surface area contributed by atoms with Crippen LogP contribution in [-0.4, -0.2) is 33.4 Å². The second kappa shape index (κ2) is 8.23. The number of hydrogen-bond acceptors (Lipinski definition) is 5. The van der Waals surface area contributed by atoms with Crippen molar-refractivity contribution in [3.63, 3.8) is 0 Å². The predicted octanol–water partition coefficient (Wildman–Crippen LogP) is -0.504. The number of aliphatic carboxylic acids is 2. The number of hydrogen-bond donors (Lipinski definition) is 3. The van der Waals surface area contributed by atoms with E-state index in [-0.39, 0.29) is 0 Å². The Labute approximate surface area is 85.1 Å². The summed E-state index contributed by atoms with van der Waals surface area (Å²) in [6, 6.07) is 2.78. The summed E-state index contributed by atoms with van der Waals surface area (Å²) in [5.41, 5.74) is -0.544. The average Bonchev–Trinajstić information content (AvgIpc) is 2.14. The molecule has 7 nitrogen and oxygen atoms in total. The van der Waals surface area contributed by atoms with Gasteiger partial charge >= 0.3 is 11.9 Å². The van der Waals surface area contributed by atoms with Crippen molar-refractivity contribution in [3.05, 3.63) is 11.6 Å². The first kappa shape index (κ1) is 15.1. The van der Waals surface area contributed by atoms with E-state index in [9.17, 15) is 9.59 Å². The number of nitriles is 2. The average molecular weight is 212 g/mol. The molecule has 0 rings (SSSR count). The summed E-state index contributed by atoms with van der Waals surface area (Å²) in [5, 5.41) is 39.7. The lowest BCUT2D eigenvalue weighted by Crippen LogP contribution is -2.13. The van der Waals surface area contributed by atoms with E-state index in [0.717, 1.165) is 0 Å². The molecule has 0 saturated carbocycles. The van der Waals surface area contributed by atoms with Gasteiger partial charge in [-0.25, -0.2) is 9.59 Å². The molecule has 0 aliphatic rings. The molecule has 3 N–H and O–H groups in total. The molecule has 0 radical (unpaired) electrons. The van der Waals surface area contributed by atoms with Crippen LogP contribution < -0.4 is 0 Å². The van der Waals surface area contributed by atoms with Crippen LogP contribution in [0.3, 0.4) is 0 Å². The molecule has 0 spiro atoms. The van der Waals surface area contributed by atoms with E-state index >= 15 is 0 Å². The van der Waals surface area contributed by atoms with Crippen molar-refractivity contribution in [2.75, 3.05) is 0 Å². The van der Waals surface area contributed by atoms with Crippen LogP contribution in [0.1, 0.15) is 6.92 Å². The molecule has 1 unspecified atom stereocenters. The van der Waals surface area contributed by atoms with Crippen molar-refractivity contribution < 1.29 is 24.9 Å². The topological polar surface area (TPSA) is 142 Å². The van der Waals surface area contributed by atoms with Gasteiger partial charge in [0.25, 0.3) is 0 Å². The number of carboxylic acids is 2. The van der Waals surface area contributed by atoms with Crippen molar-refractivity contribution in [3.8, 4) is 12.1 Å². The molecular weight excluding hydrogens is 204 g/mol. The molecule has 0 saturated heterocycles. The van der Waals surface area contributed by atoms with Gasteiger partial charge in [-0.05, 0) is 6.92 Å². The van der Waals surface area contributed by atoms with E-state index in [1.165, 1.54) is 19.1 Å². The number of nitrogens with zero attached hydrogens (tertiary/aromatic N) is 2. The zero-order valence-corrected chi connectivity index (χ0v) is 7.71. The van der Waals surface area contributed by atoms with Gasteiger partial charge in [0.05, 0.1) is 6.07 Å². The van der Waals surface area contributed by atoms with Gasteiger partial charge in [-0.2, -0.15) is 10.5 Å². The molecule has 0 aromatic carbocycles. The van der Waals surface area contributed by atoms with Crippen molar-refractivity contribution in [1.82, 2.24) is 0 Å². The minimum atomic E-state index is -1.38. The fraction of sp³-hybridized carbons (Fsp3) is 0.250. The van der Waals surface area contributed by atoms with Gasteiger partial charge in [-0.1, -0.05) is 0 Å².